The number of nitrogens with zero attached hydrogens (tertiary/aromatic N) is 3. The molecule has 1 fully saturated rings. The Balaban J connectivity index is 1.40. The minimum absolute atomic E-state index is 0.154. The van der Waals surface area contributed by atoms with Gasteiger partial charge < -0.3 is 14.6 Å². The van der Waals surface area contributed by atoms with Crippen molar-refractivity contribution in [3.8, 4) is 22.8 Å². The first kappa shape index (κ1) is 19.2. The Morgan fingerprint density at radius 2 is 1.90 bits per heavy atom. The van der Waals surface area contributed by atoms with Crippen LogP contribution in [0.1, 0.15) is 10.4 Å². The van der Waals surface area contributed by atoms with Crippen LogP contribution in [0.4, 0.5) is 4.39 Å². The molecule has 4 rings (SSSR count). The molecular formula is C21H21FN4O3. The number of benzene rings is 2. The smallest absolute Gasteiger partial charge is 0.258 e. The predicted molar refractivity (Wildman–Crippen MR) is 105 cm³/mol. The second-order valence-electron chi connectivity index (χ2n) is 6.72. The van der Waals surface area contributed by atoms with E-state index in [1.54, 1.807) is 36.4 Å². The molecule has 1 N–H and O–H groups in total. The van der Waals surface area contributed by atoms with Gasteiger partial charge in [0, 0.05) is 42.9 Å². The fourth-order valence-electron chi connectivity index (χ4n) is 3.10. The first-order valence-electron chi connectivity index (χ1n) is 9.47. The third kappa shape index (κ3) is 4.85. The van der Waals surface area contributed by atoms with Crippen molar-refractivity contribution in [3.05, 3.63) is 59.9 Å². The van der Waals surface area contributed by atoms with Crippen LogP contribution in [0.2, 0.25) is 0 Å². The zero-order valence-electron chi connectivity index (χ0n) is 15.8. The van der Waals surface area contributed by atoms with E-state index in [9.17, 15) is 9.18 Å². The molecule has 1 amide bonds. The predicted octanol–water partition coefficient (Wildman–Crippen LogP) is 2.60. The first-order chi connectivity index (χ1) is 14.2. The zero-order valence-corrected chi connectivity index (χ0v) is 15.8. The molecule has 2 aromatic carbocycles. The van der Waals surface area contributed by atoms with Gasteiger partial charge in [0.2, 0.25) is 5.82 Å². The average Bonchev–Trinajstić information content (AvgIpc) is 3.25. The first-order valence-corrected chi connectivity index (χ1v) is 9.47. The van der Waals surface area contributed by atoms with E-state index in [4.69, 9.17) is 9.26 Å². The lowest BCUT2D eigenvalue weighted by atomic mass is 10.1. The van der Waals surface area contributed by atoms with Crippen molar-refractivity contribution >= 4 is 5.91 Å². The van der Waals surface area contributed by atoms with Gasteiger partial charge in [-0.2, -0.15) is 4.98 Å². The van der Waals surface area contributed by atoms with Gasteiger partial charge in [0.15, 0.2) is 0 Å². The number of hydrogen-bond donors (Lipinski definition) is 1. The van der Waals surface area contributed by atoms with Crippen molar-refractivity contribution in [3.63, 3.8) is 0 Å². The molecule has 29 heavy (non-hydrogen) atoms. The van der Waals surface area contributed by atoms with E-state index in [0.29, 0.717) is 35.0 Å². The van der Waals surface area contributed by atoms with E-state index < -0.39 is 0 Å². The van der Waals surface area contributed by atoms with Crippen LogP contribution in [0.15, 0.2) is 53.1 Å². The average molecular weight is 396 g/mol. The molecule has 1 aliphatic rings. The number of carbonyl (C=O) groups excluding carboxylic acids is 1. The lowest BCUT2D eigenvalue weighted by Gasteiger charge is -2.26. The van der Waals surface area contributed by atoms with E-state index in [1.165, 1.54) is 12.1 Å². The van der Waals surface area contributed by atoms with Crippen LogP contribution in [0.5, 0.6) is 0 Å². The highest BCUT2D eigenvalue weighted by atomic mass is 19.1. The standard InChI is InChI=1S/C21H21FN4O3/c22-18-6-4-15(5-7-18)19-24-21(29-25-19)17-3-1-2-16(14-17)20(27)23-8-9-26-10-12-28-13-11-26/h1-7,14H,8-13H2,(H,23,27). The van der Waals surface area contributed by atoms with Gasteiger partial charge in [-0.15, -0.1) is 0 Å². The number of carbonyl (C=O) groups is 1. The number of nitrogens with one attached hydrogen (secondary N) is 1. The maximum absolute atomic E-state index is 13.1. The summed E-state index contributed by atoms with van der Waals surface area (Å²) in [5, 5.41) is 6.88. The van der Waals surface area contributed by atoms with Gasteiger partial charge in [0.25, 0.3) is 11.8 Å². The molecule has 2 heterocycles. The molecule has 0 radical (unpaired) electrons. The largest absolute Gasteiger partial charge is 0.379 e. The fourth-order valence-corrected chi connectivity index (χ4v) is 3.10. The summed E-state index contributed by atoms with van der Waals surface area (Å²) in [5.74, 6) is 0.177. The summed E-state index contributed by atoms with van der Waals surface area (Å²) in [6.45, 7) is 4.61. The van der Waals surface area contributed by atoms with Crippen LogP contribution in [0, 0.1) is 5.82 Å². The van der Waals surface area contributed by atoms with Gasteiger partial charge >= 0.3 is 0 Å². The molecule has 0 unspecified atom stereocenters. The van der Waals surface area contributed by atoms with Crippen molar-refractivity contribution in [2.24, 2.45) is 0 Å². The number of morpholine rings is 1. The van der Waals surface area contributed by atoms with E-state index in [1.807, 2.05) is 0 Å². The molecule has 3 aromatic rings. The third-order valence-electron chi connectivity index (χ3n) is 4.72. The monoisotopic (exact) mass is 396 g/mol. The Labute approximate surface area is 167 Å². The van der Waals surface area contributed by atoms with Gasteiger partial charge in [-0.3, -0.25) is 9.69 Å². The number of aromatic nitrogens is 2. The molecule has 0 spiro atoms. The Morgan fingerprint density at radius 1 is 1.10 bits per heavy atom. The maximum Gasteiger partial charge on any atom is 0.258 e. The fraction of sp³-hybridized carbons (Fsp3) is 0.286. The number of ether oxygens (including phenoxy) is 1. The van der Waals surface area contributed by atoms with Gasteiger partial charge in [-0.05, 0) is 42.5 Å². The molecule has 0 atom stereocenters. The molecule has 7 nitrogen and oxygen atoms in total. The molecule has 0 bridgehead atoms. The second kappa shape index (κ2) is 8.93. The summed E-state index contributed by atoms with van der Waals surface area (Å²) in [7, 11) is 0. The molecule has 150 valence electrons. The third-order valence-corrected chi connectivity index (χ3v) is 4.72. The lowest BCUT2D eigenvalue weighted by Crippen LogP contribution is -2.41. The Morgan fingerprint density at radius 3 is 2.69 bits per heavy atom. The molecular weight excluding hydrogens is 375 g/mol. The topological polar surface area (TPSA) is 80.5 Å². The number of halogens is 1. The highest BCUT2D eigenvalue weighted by molar-refractivity contribution is 5.95. The maximum atomic E-state index is 13.1. The normalized spacial score (nSPS) is 14.7. The van der Waals surface area contributed by atoms with Gasteiger partial charge in [0.1, 0.15) is 5.82 Å². The van der Waals surface area contributed by atoms with Crippen molar-refractivity contribution in [2.75, 3.05) is 39.4 Å². The summed E-state index contributed by atoms with van der Waals surface area (Å²) in [6, 6.07) is 12.9. The van der Waals surface area contributed by atoms with Crippen LogP contribution >= 0.6 is 0 Å². The van der Waals surface area contributed by atoms with Crippen LogP contribution in [-0.2, 0) is 4.74 Å². The Bertz CT molecular complexity index is 968. The molecule has 1 saturated heterocycles. The molecule has 0 aliphatic carbocycles. The van der Waals surface area contributed by atoms with E-state index in [2.05, 4.69) is 20.4 Å². The van der Waals surface area contributed by atoms with Crippen LogP contribution < -0.4 is 5.32 Å². The highest BCUT2D eigenvalue weighted by Gasteiger charge is 2.14. The van der Waals surface area contributed by atoms with Gasteiger partial charge in [0.05, 0.1) is 13.2 Å². The summed E-state index contributed by atoms with van der Waals surface area (Å²) in [6.07, 6.45) is 0. The van der Waals surface area contributed by atoms with Crippen molar-refractivity contribution in [1.82, 2.24) is 20.4 Å². The Kier molecular flexibility index (Phi) is 5.92. The van der Waals surface area contributed by atoms with Gasteiger partial charge in [-0.25, -0.2) is 4.39 Å². The Hall–Kier alpha value is -3.10. The number of rotatable bonds is 6. The van der Waals surface area contributed by atoms with Crippen LogP contribution in [0.25, 0.3) is 22.8 Å². The lowest BCUT2D eigenvalue weighted by molar-refractivity contribution is 0.0383. The molecule has 1 aromatic heterocycles. The number of amides is 1. The minimum atomic E-state index is -0.329. The SMILES string of the molecule is O=C(NCCN1CCOCC1)c1cccc(-c2nc(-c3ccc(F)cc3)no2)c1. The number of hydrogen-bond acceptors (Lipinski definition) is 6. The van der Waals surface area contributed by atoms with E-state index >= 15 is 0 Å². The quantitative estimate of drug-likeness (QED) is 0.690. The van der Waals surface area contributed by atoms with Crippen molar-refractivity contribution in [2.45, 2.75) is 0 Å². The second-order valence-corrected chi connectivity index (χ2v) is 6.72. The van der Waals surface area contributed by atoms with E-state index in [0.717, 1.165) is 32.8 Å². The molecule has 0 saturated carbocycles. The molecule has 1 aliphatic heterocycles. The zero-order chi connectivity index (χ0) is 20.1. The van der Waals surface area contributed by atoms with E-state index in [-0.39, 0.29) is 11.7 Å². The minimum Gasteiger partial charge on any atom is -0.379 e. The van der Waals surface area contributed by atoms with Gasteiger partial charge in [-0.1, -0.05) is 11.2 Å². The van der Waals surface area contributed by atoms with Crippen molar-refractivity contribution in [1.29, 1.82) is 0 Å². The highest BCUT2D eigenvalue weighted by Crippen LogP contribution is 2.23. The van der Waals surface area contributed by atoms with Crippen molar-refractivity contribution < 1.29 is 18.4 Å². The summed E-state index contributed by atoms with van der Waals surface area (Å²) in [4.78, 5) is 19.1. The summed E-state index contributed by atoms with van der Waals surface area (Å²) in [5.41, 5.74) is 1.82. The van der Waals surface area contributed by atoms with Crippen LogP contribution in [0.3, 0.4) is 0 Å². The summed E-state index contributed by atoms with van der Waals surface area (Å²) < 4.78 is 23.7. The summed E-state index contributed by atoms with van der Waals surface area (Å²) >= 11 is 0. The van der Waals surface area contributed by atoms with Crippen LogP contribution in [-0.4, -0.2) is 60.3 Å². The molecule has 8 heteroatoms.